The van der Waals surface area contributed by atoms with Crippen molar-refractivity contribution in [3.8, 4) is 17.2 Å². The van der Waals surface area contributed by atoms with Crippen molar-refractivity contribution in [2.45, 2.75) is 19.2 Å². The Bertz CT molecular complexity index is 1370. The average Bonchev–Trinajstić information content (AvgIpc) is 3.41. The fourth-order valence-corrected chi connectivity index (χ4v) is 4.11. The van der Waals surface area contributed by atoms with Crippen molar-refractivity contribution >= 4 is 11.0 Å². The molecule has 0 amide bonds. The number of nitrogens with zero attached hydrogens (tertiary/aromatic N) is 2. The maximum atomic E-state index is 12.1. The van der Waals surface area contributed by atoms with Crippen LogP contribution in [0, 0.1) is 0 Å². The molecule has 0 bridgehead atoms. The van der Waals surface area contributed by atoms with Gasteiger partial charge in [-0.3, -0.25) is 9.13 Å². The number of benzene rings is 3. The Morgan fingerprint density at radius 2 is 1.62 bits per heavy atom. The molecule has 0 radical (unpaired) electrons. The van der Waals surface area contributed by atoms with Crippen LogP contribution in [0.25, 0.3) is 11.0 Å². The van der Waals surface area contributed by atoms with Crippen LogP contribution < -0.4 is 25.2 Å². The van der Waals surface area contributed by atoms with Crippen LogP contribution in [0.15, 0.2) is 65.5 Å². The Morgan fingerprint density at radius 1 is 0.912 bits per heavy atom. The number of hydrogen-bond donors (Lipinski definition) is 2. The minimum absolute atomic E-state index is 0.0941. The lowest BCUT2D eigenvalue weighted by Crippen LogP contribution is -2.19. The number of fused-ring (bicyclic) bond motifs is 2. The molecule has 1 atom stereocenters. The van der Waals surface area contributed by atoms with Gasteiger partial charge in [-0.15, -0.1) is 0 Å². The van der Waals surface area contributed by atoms with E-state index in [1.807, 2.05) is 60.7 Å². The SMILES string of the molecule is Cn1c(=O)n(C)c2cc(C(O)COc3ccc(CNCc4ccc5c(c4)OCO5)cc3)ccc21. The van der Waals surface area contributed by atoms with Gasteiger partial charge in [0.2, 0.25) is 6.79 Å². The molecule has 176 valence electrons. The van der Waals surface area contributed by atoms with Gasteiger partial charge in [0.1, 0.15) is 18.5 Å². The number of aromatic nitrogens is 2. The Hall–Kier alpha value is -3.75. The smallest absolute Gasteiger partial charge is 0.328 e. The molecule has 2 N–H and O–H groups in total. The predicted octanol–water partition coefficient (Wildman–Crippen LogP) is 3.01. The van der Waals surface area contributed by atoms with Crippen molar-refractivity contribution in [3.63, 3.8) is 0 Å². The van der Waals surface area contributed by atoms with Gasteiger partial charge >= 0.3 is 5.69 Å². The lowest BCUT2D eigenvalue weighted by Gasteiger charge is -2.14. The van der Waals surface area contributed by atoms with E-state index < -0.39 is 6.10 Å². The first-order valence-electron chi connectivity index (χ1n) is 11.1. The van der Waals surface area contributed by atoms with Crippen molar-refractivity contribution in [1.29, 1.82) is 0 Å². The first-order valence-corrected chi connectivity index (χ1v) is 11.1. The van der Waals surface area contributed by atoms with E-state index in [4.69, 9.17) is 14.2 Å². The molecule has 0 saturated heterocycles. The minimum Gasteiger partial charge on any atom is -0.491 e. The predicted molar refractivity (Wildman–Crippen MR) is 128 cm³/mol. The minimum atomic E-state index is -0.803. The highest BCUT2D eigenvalue weighted by molar-refractivity contribution is 5.77. The second kappa shape index (κ2) is 9.24. The summed E-state index contributed by atoms with van der Waals surface area (Å²) in [6, 6.07) is 19.2. The van der Waals surface area contributed by atoms with Crippen molar-refractivity contribution in [2.24, 2.45) is 14.1 Å². The van der Waals surface area contributed by atoms with E-state index in [2.05, 4.69) is 5.32 Å². The monoisotopic (exact) mass is 461 g/mol. The van der Waals surface area contributed by atoms with E-state index in [9.17, 15) is 9.90 Å². The topological polar surface area (TPSA) is 86.9 Å². The maximum absolute atomic E-state index is 12.1. The molecular weight excluding hydrogens is 434 g/mol. The molecule has 0 aliphatic carbocycles. The quantitative estimate of drug-likeness (QED) is 0.420. The Morgan fingerprint density at radius 3 is 2.44 bits per heavy atom. The molecule has 1 aliphatic rings. The molecule has 8 nitrogen and oxygen atoms in total. The van der Waals surface area contributed by atoms with Gasteiger partial charge in [-0.25, -0.2) is 4.79 Å². The first-order chi connectivity index (χ1) is 16.5. The summed E-state index contributed by atoms with van der Waals surface area (Å²) in [5.74, 6) is 2.26. The number of rotatable bonds is 8. The molecule has 4 aromatic rings. The number of ether oxygens (including phenoxy) is 3. The summed E-state index contributed by atoms with van der Waals surface area (Å²) in [5, 5.41) is 14.0. The largest absolute Gasteiger partial charge is 0.491 e. The van der Waals surface area contributed by atoms with Crippen LogP contribution in [0.5, 0.6) is 17.2 Å². The molecule has 34 heavy (non-hydrogen) atoms. The average molecular weight is 462 g/mol. The third-order valence-corrected chi connectivity index (χ3v) is 6.11. The second-order valence-electron chi connectivity index (χ2n) is 8.41. The van der Waals surface area contributed by atoms with E-state index in [1.165, 1.54) is 0 Å². The van der Waals surface area contributed by atoms with Crippen LogP contribution in [-0.2, 0) is 27.2 Å². The summed E-state index contributed by atoms with van der Waals surface area (Å²) in [5.41, 5.74) is 4.48. The third kappa shape index (κ3) is 4.37. The van der Waals surface area contributed by atoms with Crippen LogP contribution >= 0.6 is 0 Å². The van der Waals surface area contributed by atoms with E-state index in [-0.39, 0.29) is 19.1 Å². The number of imidazole rings is 1. The summed E-state index contributed by atoms with van der Waals surface area (Å²) >= 11 is 0. The third-order valence-electron chi connectivity index (χ3n) is 6.11. The molecule has 0 fully saturated rings. The van der Waals surface area contributed by atoms with Crippen LogP contribution in [0.4, 0.5) is 0 Å². The highest BCUT2D eigenvalue weighted by Gasteiger charge is 2.14. The molecule has 1 unspecified atom stereocenters. The summed E-state index contributed by atoms with van der Waals surface area (Å²) in [4.78, 5) is 12.1. The highest BCUT2D eigenvalue weighted by atomic mass is 16.7. The lowest BCUT2D eigenvalue weighted by atomic mass is 10.1. The van der Waals surface area contributed by atoms with Crippen LogP contribution in [0.2, 0.25) is 0 Å². The van der Waals surface area contributed by atoms with Crippen molar-refractivity contribution in [2.75, 3.05) is 13.4 Å². The van der Waals surface area contributed by atoms with Crippen LogP contribution in [0.3, 0.4) is 0 Å². The normalized spacial score (nSPS) is 13.4. The van der Waals surface area contributed by atoms with Gasteiger partial charge < -0.3 is 24.6 Å². The number of hydrogen-bond acceptors (Lipinski definition) is 6. The number of aryl methyl sites for hydroxylation is 2. The number of aliphatic hydroxyl groups is 1. The van der Waals surface area contributed by atoms with Crippen LogP contribution in [-0.4, -0.2) is 27.6 Å². The summed E-state index contributed by atoms with van der Waals surface area (Å²) < 4.78 is 19.7. The van der Waals surface area contributed by atoms with Gasteiger partial charge in [0.05, 0.1) is 11.0 Å². The van der Waals surface area contributed by atoms with Gasteiger partial charge in [0.25, 0.3) is 0 Å². The molecule has 0 spiro atoms. The lowest BCUT2D eigenvalue weighted by molar-refractivity contribution is 0.108. The molecule has 8 heteroatoms. The molecule has 5 rings (SSSR count). The standard InChI is InChI=1S/C26H27N3O5/c1-28-21-9-6-19(12-22(21)29(2)26(28)31)23(30)15-32-20-7-3-17(4-8-20)13-27-14-18-5-10-24-25(11-18)34-16-33-24/h3-12,23,27,30H,13-16H2,1-2H3. The number of aliphatic hydroxyl groups excluding tert-OH is 1. The molecule has 1 aliphatic heterocycles. The molecule has 1 aromatic heterocycles. The first kappa shape index (κ1) is 22.1. The summed E-state index contributed by atoms with van der Waals surface area (Å²) in [7, 11) is 3.46. The van der Waals surface area contributed by atoms with Crippen molar-refractivity contribution in [1.82, 2.24) is 14.5 Å². The summed E-state index contributed by atoms with van der Waals surface area (Å²) in [6.45, 7) is 1.83. The van der Waals surface area contributed by atoms with Gasteiger partial charge in [-0.1, -0.05) is 24.3 Å². The number of nitrogens with one attached hydrogen (secondary N) is 1. The Labute approximate surface area is 196 Å². The fraction of sp³-hybridized carbons (Fsp3) is 0.269. The highest BCUT2D eigenvalue weighted by Crippen LogP contribution is 2.32. The zero-order chi connectivity index (χ0) is 23.7. The van der Waals surface area contributed by atoms with E-state index in [0.717, 1.165) is 40.2 Å². The van der Waals surface area contributed by atoms with Gasteiger partial charge in [0.15, 0.2) is 11.5 Å². The Kier molecular flexibility index (Phi) is 6.00. The molecule has 2 heterocycles. The van der Waals surface area contributed by atoms with Gasteiger partial charge in [-0.05, 0) is 53.1 Å². The van der Waals surface area contributed by atoms with E-state index in [1.54, 1.807) is 23.2 Å². The Balaban J connectivity index is 1.13. The van der Waals surface area contributed by atoms with Crippen molar-refractivity contribution in [3.05, 3.63) is 87.8 Å². The van der Waals surface area contributed by atoms with Gasteiger partial charge in [0, 0.05) is 27.2 Å². The fourth-order valence-electron chi connectivity index (χ4n) is 4.11. The van der Waals surface area contributed by atoms with Crippen LogP contribution in [0.1, 0.15) is 22.8 Å². The zero-order valence-electron chi connectivity index (χ0n) is 19.2. The van der Waals surface area contributed by atoms with E-state index in [0.29, 0.717) is 17.9 Å². The molecule has 0 saturated carbocycles. The van der Waals surface area contributed by atoms with E-state index >= 15 is 0 Å². The van der Waals surface area contributed by atoms with Gasteiger partial charge in [-0.2, -0.15) is 0 Å². The zero-order valence-corrected chi connectivity index (χ0v) is 19.2. The molecule has 3 aromatic carbocycles. The van der Waals surface area contributed by atoms with Crippen molar-refractivity contribution < 1.29 is 19.3 Å². The maximum Gasteiger partial charge on any atom is 0.328 e. The summed E-state index contributed by atoms with van der Waals surface area (Å²) in [6.07, 6.45) is -0.803. The molecular formula is C26H27N3O5. The second-order valence-corrected chi connectivity index (χ2v) is 8.41.